The topological polar surface area (TPSA) is 86.8 Å². The summed E-state index contributed by atoms with van der Waals surface area (Å²) in [5, 5.41) is 2.90. The van der Waals surface area contributed by atoms with Crippen LogP contribution < -0.4 is 9.62 Å². The van der Waals surface area contributed by atoms with Gasteiger partial charge in [0.15, 0.2) is 0 Å². The highest BCUT2D eigenvalue weighted by atomic mass is 79.9. The number of hydrogen-bond acceptors (Lipinski definition) is 4. The molecule has 3 aromatic carbocycles. The minimum absolute atomic E-state index is 0.0879. The van der Waals surface area contributed by atoms with Crippen LogP contribution in [0.3, 0.4) is 0 Å². The number of halogens is 1. The summed E-state index contributed by atoms with van der Waals surface area (Å²) in [7, 11) is -4.08. The van der Waals surface area contributed by atoms with Gasteiger partial charge in [-0.3, -0.25) is 13.9 Å². The Labute approximate surface area is 240 Å². The number of hydrogen-bond donors (Lipinski definition) is 1. The van der Waals surface area contributed by atoms with Crippen LogP contribution in [0.4, 0.5) is 5.69 Å². The van der Waals surface area contributed by atoms with Crippen LogP contribution in [-0.2, 0) is 32.6 Å². The van der Waals surface area contributed by atoms with Crippen molar-refractivity contribution in [1.29, 1.82) is 0 Å². The first-order valence-electron chi connectivity index (χ1n) is 13.0. The number of para-hydroxylation sites is 1. The smallest absolute Gasteiger partial charge is 0.264 e. The third-order valence-corrected chi connectivity index (χ3v) is 8.61. The molecule has 0 saturated heterocycles. The van der Waals surface area contributed by atoms with Crippen molar-refractivity contribution in [2.45, 2.75) is 51.6 Å². The molecule has 0 aliphatic rings. The van der Waals surface area contributed by atoms with Crippen LogP contribution in [0.1, 0.15) is 38.8 Å². The molecule has 0 aromatic heterocycles. The molecule has 2 amide bonds. The van der Waals surface area contributed by atoms with Gasteiger partial charge in [0.25, 0.3) is 10.0 Å². The van der Waals surface area contributed by atoms with E-state index in [4.69, 9.17) is 0 Å². The molecule has 9 heteroatoms. The summed E-state index contributed by atoms with van der Waals surface area (Å²) < 4.78 is 29.8. The highest BCUT2D eigenvalue weighted by Gasteiger charge is 2.33. The maximum absolute atomic E-state index is 14.0. The molecule has 1 atom stereocenters. The fourth-order valence-electron chi connectivity index (χ4n) is 4.15. The normalized spacial score (nSPS) is 12.2. The number of anilines is 1. The molecule has 39 heavy (non-hydrogen) atoms. The summed E-state index contributed by atoms with van der Waals surface area (Å²) in [6.07, 6.45) is 0.584. The fraction of sp³-hybridized carbons (Fsp3) is 0.333. The summed E-state index contributed by atoms with van der Waals surface area (Å²) in [5.41, 5.74) is 2.05. The Kier molecular flexibility index (Phi) is 10.7. The van der Waals surface area contributed by atoms with Crippen molar-refractivity contribution >= 4 is 43.5 Å². The van der Waals surface area contributed by atoms with Gasteiger partial charge in [-0.15, -0.1) is 0 Å². The number of benzene rings is 3. The van der Waals surface area contributed by atoms with Gasteiger partial charge in [-0.25, -0.2) is 8.42 Å². The lowest BCUT2D eigenvalue weighted by atomic mass is 10.1. The zero-order chi connectivity index (χ0) is 28.6. The van der Waals surface area contributed by atoms with Crippen LogP contribution in [0.5, 0.6) is 0 Å². The van der Waals surface area contributed by atoms with Crippen LogP contribution in [0.25, 0.3) is 0 Å². The van der Waals surface area contributed by atoms with Crippen molar-refractivity contribution in [2.75, 3.05) is 17.4 Å². The first-order chi connectivity index (χ1) is 18.5. The Hall–Kier alpha value is -3.17. The molecule has 208 valence electrons. The van der Waals surface area contributed by atoms with Crippen molar-refractivity contribution in [2.24, 2.45) is 5.92 Å². The van der Waals surface area contributed by atoms with Gasteiger partial charge in [-0.2, -0.15) is 0 Å². The number of nitrogens with zero attached hydrogens (tertiary/aromatic N) is 2. The van der Waals surface area contributed by atoms with Crippen LogP contribution in [0, 0.1) is 5.92 Å². The fourth-order valence-corrected chi connectivity index (χ4v) is 6.07. The second-order valence-corrected chi connectivity index (χ2v) is 12.6. The van der Waals surface area contributed by atoms with E-state index in [0.717, 1.165) is 19.9 Å². The Balaban J connectivity index is 2.04. The van der Waals surface area contributed by atoms with Crippen molar-refractivity contribution < 1.29 is 18.0 Å². The third kappa shape index (κ3) is 7.92. The number of aryl methyl sites for hydroxylation is 1. The second-order valence-electron chi connectivity index (χ2n) is 9.77. The second kappa shape index (κ2) is 13.8. The van der Waals surface area contributed by atoms with Gasteiger partial charge in [0.1, 0.15) is 12.6 Å². The summed E-state index contributed by atoms with van der Waals surface area (Å²) in [6, 6.07) is 21.9. The molecule has 0 saturated carbocycles. The van der Waals surface area contributed by atoms with Crippen LogP contribution in [0.2, 0.25) is 0 Å². The number of rotatable bonds is 12. The van der Waals surface area contributed by atoms with Gasteiger partial charge in [-0.1, -0.05) is 85.2 Å². The number of nitrogens with one attached hydrogen (secondary N) is 1. The Morgan fingerprint density at radius 2 is 1.59 bits per heavy atom. The maximum Gasteiger partial charge on any atom is 0.264 e. The standard InChI is InChI=1S/C30H36BrN3O4S/c1-5-25-13-9-10-17-28(25)34(39(37,38)27-15-7-6-8-16-27)21-29(35)33(20-24-12-11-14-26(31)18-24)23(4)30(36)32-19-22(2)3/h6-18,22-23H,5,19-21H2,1-4H3,(H,32,36)/t23-/m0/s1. The molecule has 0 radical (unpaired) electrons. The third-order valence-electron chi connectivity index (χ3n) is 6.35. The zero-order valence-corrected chi connectivity index (χ0v) is 25.2. The molecule has 3 aromatic rings. The lowest BCUT2D eigenvalue weighted by Crippen LogP contribution is -2.51. The van der Waals surface area contributed by atoms with Crippen molar-refractivity contribution in [3.8, 4) is 0 Å². The number of carbonyl (C=O) groups is 2. The molecule has 0 unspecified atom stereocenters. The van der Waals surface area contributed by atoms with Gasteiger partial charge < -0.3 is 10.2 Å². The average Bonchev–Trinajstić information content (AvgIpc) is 2.93. The van der Waals surface area contributed by atoms with E-state index in [-0.39, 0.29) is 23.3 Å². The molecule has 0 aliphatic heterocycles. The number of carbonyl (C=O) groups excluding carboxylic acids is 2. The van der Waals surface area contributed by atoms with E-state index in [9.17, 15) is 18.0 Å². The Bertz CT molecular complexity index is 1380. The minimum atomic E-state index is -4.08. The molecule has 0 fully saturated rings. The summed E-state index contributed by atoms with van der Waals surface area (Å²) >= 11 is 3.46. The van der Waals surface area contributed by atoms with E-state index in [2.05, 4.69) is 21.2 Å². The first kappa shape index (κ1) is 30.4. The van der Waals surface area contributed by atoms with E-state index < -0.39 is 28.5 Å². The Morgan fingerprint density at radius 1 is 0.923 bits per heavy atom. The number of sulfonamides is 1. The van der Waals surface area contributed by atoms with E-state index in [1.54, 1.807) is 37.3 Å². The summed E-state index contributed by atoms with van der Waals surface area (Å²) in [6.45, 7) is 7.75. The monoisotopic (exact) mass is 613 g/mol. The molecule has 7 nitrogen and oxygen atoms in total. The van der Waals surface area contributed by atoms with Crippen molar-refractivity contribution in [1.82, 2.24) is 10.2 Å². The first-order valence-corrected chi connectivity index (χ1v) is 15.2. The molecular weight excluding hydrogens is 578 g/mol. The Morgan fingerprint density at radius 3 is 2.23 bits per heavy atom. The summed E-state index contributed by atoms with van der Waals surface area (Å²) in [5.74, 6) is -0.529. The minimum Gasteiger partial charge on any atom is -0.354 e. The molecule has 1 N–H and O–H groups in total. The van der Waals surface area contributed by atoms with Crippen LogP contribution >= 0.6 is 15.9 Å². The lowest BCUT2D eigenvalue weighted by molar-refractivity contribution is -0.139. The van der Waals surface area contributed by atoms with E-state index >= 15 is 0 Å². The van der Waals surface area contributed by atoms with Crippen LogP contribution in [0.15, 0.2) is 88.2 Å². The predicted molar refractivity (Wildman–Crippen MR) is 159 cm³/mol. The largest absolute Gasteiger partial charge is 0.354 e. The van der Waals surface area contributed by atoms with Gasteiger partial charge in [-0.05, 0) is 60.7 Å². The zero-order valence-electron chi connectivity index (χ0n) is 22.8. The van der Waals surface area contributed by atoms with E-state index in [1.165, 1.54) is 17.0 Å². The van der Waals surface area contributed by atoms with E-state index in [0.29, 0.717) is 18.7 Å². The molecule has 3 rings (SSSR count). The maximum atomic E-state index is 14.0. The average molecular weight is 615 g/mol. The summed E-state index contributed by atoms with van der Waals surface area (Å²) in [4.78, 5) is 28.6. The molecule has 0 aliphatic carbocycles. The number of amides is 2. The molecule has 0 bridgehead atoms. The van der Waals surface area contributed by atoms with Crippen molar-refractivity contribution in [3.05, 3.63) is 94.5 Å². The van der Waals surface area contributed by atoms with Crippen LogP contribution in [-0.4, -0.2) is 44.3 Å². The quantitative estimate of drug-likeness (QED) is 0.296. The van der Waals surface area contributed by atoms with Gasteiger partial charge in [0, 0.05) is 17.6 Å². The molecule has 0 spiro atoms. The van der Waals surface area contributed by atoms with Gasteiger partial charge in [0.05, 0.1) is 10.6 Å². The molecular formula is C30H36BrN3O4S. The van der Waals surface area contributed by atoms with Crippen molar-refractivity contribution in [3.63, 3.8) is 0 Å². The SMILES string of the molecule is CCc1ccccc1N(CC(=O)N(Cc1cccc(Br)c1)[C@@H](C)C(=O)NCC(C)C)S(=O)(=O)c1ccccc1. The lowest BCUT2D eigenvalue weighted by Gasteiger charge is -2.32. The highest BCUT2D eigenvalue weighted by Crippen LogP contribution is 2.28. The molecule has 0 heterocycles. The van der Waals surface area contributed by atoms with E-state index in [1.807, 2.05) is 57.2 Å². The highest BCUT2D eigenvalue weighted by molar-refractivity contribution is 9.10. The predicted octanol–water partition coefficient (Wildman–Crippen LogP) is 5.40. The van der Waals surface area contributed by atoms with Gasteiger partial charge in [0.2, 0.25) is 11.8 Å². The van der Waals surface area contributed by atoms with Gasteiger partial charge >= 0.3 is 0 Å².